The Morgan fingerprint density at radius 2 is 2.15 bits per heavy atom. The Labute approximate surface area is 120 Å². The van der Waals surface area contributed by atoms with Gasteiger partial charge in [-0.2, -0.15) is 0 Å². The van der Waals surface area contributed by atoms with Gasteiger partial charge in [0.15, 0.2) is 9.84 Å². The van der Waals surface area contributed by atoms with Crippen LogP contribution in [0.5, 0.6) is 5.75 Å². The third kappa shape index (κ3) is 2.69. The van der Waals surface area contributed by atoms with Gasteiger partial charge >= 0.3 is 0 Å². The van der Waals surface area contributed by atoms with Crippen molar-refractivity contribution in [3.63, 3.8) is 0 Å². The van der Waals surface area contributed by atoms with Gasteiger partial charge in [0.1, 0.15) is 5.75 Å². The second-order valence-corrected chi connectivity index (χ2v) is 8.17. The van der Waals surface area contributed by atoms with Crippen molar-refractivity contribution < 1.29 is 13.2 Å². The normalized spacial score (nSPS) is 28.9. The number of ether oxygens (including phenoxy) is 1. The molecule has 2 heterocycles. The van der Waals surface area contributed by atoms with Crippen LogP contribution in [0.25, 0.3) is 0 Å². The van der Waals surface area contributed by atoms with Crippen LogP contribution in [0.4, 0.5) is 0 Å². The lowest BCUT2D eigenvalue weighted by Gasteiger charge is -2.23. The molecule has 0 radical (unpaired) electrons. The van der Waals surface area contributed by atoms with Crippen molar-refractivity contribution in [1.29, 1.82) is 0 Å². The van der Waals surface area contributed by atoms with Crippen molar-refractivity contribution in [2.24, 2.45) is 17.6 Å². The average Bonchev–Trinajstić information content (AvgIpc) is 2.99. The molecule has 0 aliphatic carbocycles. The Kier molecular flexibility index (Phi) is 3.73. The monoisotopic (exact) mass is 295 g/mol. The number of benzene rings is 1. The Hall–Kier alpha value is -1.07. The van der Waals surface area contributed by atoms with Gasteiger partial charge in [-0.15, -0.1) is 0 Å². The van der Waals surface area contributed by atoms with Gasteiger partial charge in [0.25, 0.3) is 0 Å². The van der Waals surface area contributed by atoms with E-state index in [0.717, 1.165) is 18.6 Å². The molecule has 5 heteroatoms. The van der Waals surface area contributed by atoms with Crippen LogP contribution in [-0.4, -0.2) is 33.1 Å². The molecule has 1 fully saturated rings. The van der Waals surface area contributed by atoms with Crippen LogP contribution in [0.2, 0.25) is 0 Å². The fourth-order valence-electron chi connectivity index (χ4n) is 3.47. The van der Waals surface area contributed by atoms with Gasteiger partial charge in [0.05, 0.1) is 18.1 Å². The summed E-state index contributed by atoms with van der Waals surface area (Å²) in [6.07, 6.45) is 1.69. The number of rotatable bonds is 4. The quantitative estimate of drug-likeness (QED) is 0.915. The van der Waals surface area contributed by atoms with Crippen molar-refractivity contribution in [3.8, 4) is 5.75 Å². The fraction of sp³-hybridized carbons (Fsp3) is 0.600. The maximum Gasteiger partial charge on any atom is 0.150 e. The molecule has 0 aromatic heterocycles. The molecule has 3 atom stereocenters. The van der Waals surface area contributed by atoms with E-state index < -0.39 is 9.84 Å². The van der Waals surface area contributed by atoms with Crippen LogP contribution in [0.1, 0.15) is 24.3 Å². The molecule has 110 valence electrons. The first-order chi connectivity index (χ1) is 9.59. The molecular weight excluding hydrogens is 274 g/mol. The third-order valence-corrected chi connectivity index (χ3v) is 6.42. The second kappa shape index (κ2) is 5.37. The smallest absolute Gasteiger partial charge is 0.150 e. The van der Waals surface area contributed by atoms with Crippen molar-refractivity contribution in [1.82, 2.24) is 0 Å². The summed E-state index contributed by atoms with van der Waals surface area (Å²) < 4.78 is 29.0. The summed E-state index contributed by atoms with van der Waals surface area (Å²) in [5.41, 5.74) is 7.15. The maximum atomic E-state index is 11.6. The number of nitrogens with two attached hydrogens (primary N) is 1. The van der Waals surface area contributed by atoms with Gasteiger partial charge in [-0.05, 0) is 37.3 Å². The molecule has 2 N–H and O–H groups in total. The van der Waals surface area contributed by atoms with E-state index in [4.69, 9.17) is 10.5 Å². The van der Waals surface area contributed by atoms with Crippen LogP contribution in [-0.2, 0) is 9.84 Å². The van der Waals surface area contributed by atoms with Crippen molar-refractivity contribution in [2.75, 3.05) is 24.7 Å². The number of para-hydroxylation sites is 1. The van der Waals surface area contributed by atoms with Crippen LogP contribution in [0.15, 0.2) is 24.3 Å². The number of fused-ring (bicyclic) bond motifs is 1. The highest BCUT2D eigenvalue weighted by Gasteiger charge is 2.35. The highest BCUT2D eigenvalue weighted by molar-refractivity contribution is 7.91. The van der Waals surface area contributed by atoms with Crippen LogP contribution < -0.4 is 10.5 Å². The molecule has 2 aliphatic heterocycles. The topological polar surface area (TPSA) is 69.4 Å². The van der Waals surface area contributed by atoms with Gasteiger partial charge < -0.3 is 10.5 Å². The van der Waals surface area contributed by atoms with E-state index in [-0.39, 0.29) is 11.8 Å². The predicted octanol–water partition coefficient (Wildman–Crippen LogP) is 1.56. The number of sulfone groups is 1. The molecule has 2 aliphatic rings. The Bertz CT molecular complexity index is 585. The maximum absolute atomic E-state index is 11.6. The largest absolute Gasteiger partial charge is 0.493 e. The minimum atomic E-state index is -2.83. The van der Waals surface area contributed by atoms with E-state index in [2.05, 4.69) is 6.07 Å². The van der Waals surface area contributed by atoms with E-state index in [1.165, 1.54) is 5.56 Å². The zero-order chi connectivity index (χ0) is 14.2. The molecule has 20 heavy (non-hydrogen) atoms. The van der Waals surface area contributed by atoms with Gasteiger partial charge in [0, 0.05) is 11.5 Å². The van der Waals surface area contributed by atoms with Crippen LogP contribution in [0.3, 0.4) is 0 Å². The minimum Gasteiger partial charge on any atom is -0.493 e. The molecule has 1 aromatic carbocycles. The average molecular weight is 295 g/mol. The molecule has 1 saturated heterocycles. The summed E-state index contributed by atoms with van der Waals surface area (Å²) in [7, 11) is -2.83. The van der Waals surface area contributed by atoms with E-state index >= 15 is 0 Å². The second-order valence-electron chi connectivity index (χ2n) is 5.94. The first kappa shape index (κ1) is 13.9. The summed E-state index contributed by atoms with van der Waals surface area (Å²) in [5.74, 6) is 2.44. The highest BCUT2D eigenvalue weighted by atomic mass is 32.2. The first-order valence-corrected chi connectivity index (χ1v) is 9.03. The number of hydrogen-bond acceptors (Lipinski definition) is 4. The lowest BCUT2D eigenvalue weighted by atomic mass is 9.82. The summed E-state index contributed by atoms with van der Waals surface area (Å²) in [5, 5.41) is 0. The van der Waals surface area contributed by atoms with E-state index in [1.54, 1.807) is 0 Å². The molecular formula is C15H21NO3S. The third-order valence-electron chi connectivity index (χ3n) is 4.62. The van der Waals surface area contributed by atoms with Crippen molar-refractivity contribution in [2.45, 2.75) is 18.8 Å². The van der Waals surface area contributed by atoms with E-state index in [9.17, 15) is 8.42 Å². The fourth-order valence-corrected chi connectivity index (χ4v) is 5.39. The van der Waals surface area contributed by atoms with Gasteiger partial charge in [-0.3, -0.25) is 0 Å². The standard InChI is InChI=1S/C15H21NO3S/c16-8-12(11-5-6-20(17,18)10-11)7-13-9-19-15-4-2-1-3-14(13)15/h1-4,11-13H,5-10,16H2. The number of hydrogen-bond donors (Lipinski definition) is 1. The van der Waals surface area contributed by atoms with Crippen LogP contribution in [0, 0.1) is 11.8 Å². The Morgan fingerprint density at radius 1 is 1.35 bits per heavy atom. The van der Waals surface area contributed by atoms with Crippen molar-refractivity contribution >= 4 is 9.84 Å². The summed E-state index contributed by atoms with van der Waals surface area (Å²) in [6.45, 7) is 1.24. The highest BCUT2D eigenvalue weighted by Crippen LogP contribution is 2.39. The Morgan fingerprint density at radius 3 is 2.85 bits per heavy atom. The Balaban J connectivity index is 1.71. The molecule has 0 amide bonds. The van der Waals surface area contributed by atoms with E-state index in [0.29, 0.717) is 30.6 Å². The predicted molar refractivity (Wildman–Crippen MR) is 78.6 cm³/mol. The lowest BCUT2D eigenvalue weighted by molar-refractivity contribution is 0.276. The zero-order valence-electron chi connectivity index (χ0n) is 11.5. The SMILES string of the molecule is NCC(CC1COc2ccccc21)C1CCS(=O)(=O)C1. The first-order valence-electron chi connectivity index (χ1n) is 7.21. The minimum absolute atomic E-state index is 0.220. The molecule has 0 bridgehead atoms. The molecule has 0 spiro atoms. The lowest BCUT2D eigenvalue weighted by Crippen LogP contribution is -2.26. The summed E-state index contributed by atoms with van der Waals surface area (Å²) in [6, 6.07) is 8.10. The molecule has 1 aromatic rings. The summed E-state index contributed by atoms with van der Waals surface area (Å²) >= 11 is 0. The van der Waals surface area contributed by atoms with Gasteiger partial charge in [-0.25, -0.2) is 8.42 Å². The van der Waals surface area contributed by atoms with Crippen LogP contribution >= 0.6 is 0 Å². The van der Waals surface area contributed by atoms with Crippen molar-refractivity contribution in [3.05, 3.63) is 29.8 Å². The summed E-state index contributed by atoms with van der Waals surface area (Å²) in [4.78, 5) is 0. The molecule has 4 nitrogen and oxygen atoms in total. The molecule has 3 unspecified atom stereocenters. The van der Waals surface area contributed by atoms with E-state index in [1.807, 2.05) is 18.2 Å². The van der Waals surface area contributed by atoms with Gasteiger partial charge in [-0.1, -0.05) is 18.2 Å². The zero-order valence-corrected chi connectivity index (χ0v) is 12.3. The molecule has 3 rings (SSSR count). The molecule has 0 saturated carbocycles. The van der Waals surface area contributed by atoms with Gasteiger partial charge in [0.2, 0.25) is 0 Å².